The molecule has 144 valence electrons. The fraction of sp³-hybridized carbons (Fsp3) is 0.250. The van der Waals surface area contributed by atoms with Crippen LogP contribution >= 0.6 is 0 Å². The van der Waals surface area contributed by atoms with E-state index in [1.165, 1.54) is 28.5 Å². The van der Waals surface area contributed by atoms with E-state index >= 15 is 0 Å². The van der Waals surface area contributed by atoms with Gasteiger partial charge in [0.1, 0.15) is 0 Å². The molecule has 0 aromatic heterocycles. The lowest BCUT2D eigenvalue weighted by atomic mass is 9.83. The zero-order valence-corrected chi connectivity index (χ0v) is 17.1. The van der Waals surface area contributed by atoms with E-state index in [2.05, 4.69) is 59.3 Å². The largest absolute Gasteiger partial charge is 0.284 e. The second-order valence-corrected chi connectivity index (χ2v) is 9.43. The highest BCUT2D eigenvalue weighted by Crippen LogP contribution is 2.37. The molecule has 1 aliphatic rings. The third-order valence-corrected chi connectivity index (χ3v) is 6.15. The van der Waals surface area contributed by atoms with Crippen molar-refractivity contribution in [1.29, 1.82) is 0 Å². The van der Waals surface area contributed by atoms with Crippen LogP contribution in [0, 0.1) is 6.92 Å². The van der Waals surface area contributed by atoms with E-state index in [0.29, 0.717) is 5.69 Å². The lowest BCUT2D eigenvalue weighted by Gasteiger charge is -2.21. The average Bonchev–Trinajstić information content (AvgIpc) is 2.81. The summed E-state index contributed by atoms with van der Waals surface area (Å²) in [6.45, 7) is 1.92. The van der Waals surface area contributed by atoms with Gasteiger partial charge in [0, 0.05) is 5.92 Å². The predicted molar refractivity (Wildman–Crippen MR) is 115 cm³/mol. The molecule has 4 rings (SSSR count). The number of aryl methyl sites for hydroxylation is 3. The van der Waals surface area contributed by atoms with E-state index in [9.17, 15) is 8.42 Å². The van der Waals surface area contributed by atoms with Crippen molar-refractivity contribution in [1.82, 2.24) is 0 Å². The van der Waals surface area contributed by atoms with E-state index < -0.39 is 10.0 Å². The number of fused-ring (bicyclic) bond motifs is 2. The Labute approximate surface area is 167 Å². The molecule has 0 saturated carbocycles. The van der Waals surface area contributed by atoms with Crippen molar-refractivity contribution in [2.45, 2.75) is 32.1 Å². The van der Waals surface area contributed by atoms with E-state index in [0.717, 1.165) is 30.4 Å². The summed E-state index contributed by atoms with van der Waals surface area (Å²) in [6.07, 6.45) is 4.14. The van der Waals surface area contributed by atoms with Crippen molar-refractivity contribution in [3.63, 3.8) is 0 Å². The molecule has 0 fully saturated rings. The molecule has 1 aliphatic carbocycles. The molecule has 0 atom stereocenters. The number of hydrogen-bond donors (Lipinski definition) is 1. The molecule has 3 nitrogen and oxygen atoms in total. The van der Waals surface area contributed by atoms with Crippen LogP contribution in [0.3, 0.4) is 0 Å². The van der Waals surface area contributed by atoms with Crippen LogP contribution in [0.5, 0.6) is 0 Å². The van der Waals surface area contributed by atoms with Gasteiger partial charge in [-0.15, -0.1) is 0 Å². The van der Waals surface area contributed by atoms with Crippen molar-refractivity contribution >= 4 is 15.7 Å². The second kappa shape index (κ2) is 7.44. The smallest absolute Gasteiger partial charge is 0.229 e. The summed E-state index contributed by atoms with van der Waals surface area (Å²) in [6, 6.07) is 23.5. The van der Waals surface area contributed by atoms with E-state index in [-0.39, 0.29) is 5.92 Å². The van der Waals surface area contributed by atoms with Crippen molar-refractivity contribution in [3.8, 4) is 0 Å². The van der Waals surface area contributed by atoms with Gasteiger partial charge < -0.3 is 0 Å². The van der Waals surface area contributed by atoms with Crippen LogP contribution in [0.15, 0.2) is 66.7 Å². The molecule has 28 heavy (non-hydrogen) atoms. The van der Waals surface area contributed by atoms with Crippen LogP contribution in [-0.4, -0.2) is 14.7 Å². The molecular formula is C24H25NO2S. The topological polar surface area (TPSA) is 46.2 Å². The summed E-state index contributed by atoms with van der Waals surface area (Å²) in [5.41, 5.74) is 8.30. The van der Waals surface area contributed by atoms with E-state index in [1.807, 2.05) is 19.1 Å². The molecule has 0 spiro atoms. The van der Waals surface area contributed by atoms with Gasteiger partial charge in [-0.2, -0.15) is 0 Å². The Morgan fingerprint density at radius 1 is 0.893 bits per heavy atom. The molecule has 0 amide bonds. The Kier molecular flexibility index (Phi) is 4.98. The summed E-state index contributed by atoms with van der Waals surface area (Å²) in [5.74, 6) is 0.267. The van der Waals surface area contributed by atoms with Gasteiger partial charge in [0.15, 0.2) is 0 Å². The number of hydrogen-bond acceptors (Lipinski definition) is 2. The summed E-state index contributed by atoms with van der Waals surface area (Å²) in [4.78, 5) is 0. The van der Waals surface area contributed by atoms with Crippen LogP contribution in [0.1, 0.15) is 39.3 Å². The molecule has 0 aliphatic heterocycles. The monoisotopic (exact) mass is 391 g/mol. The Bertz CT molecular complexity index is 1070. The lowest BCUT2D eigenvalue weighted by molar-refractivity contribution is 0.606. The van der Waals surface area contributed by atoms with Gasteiger partial charge in [-0.1, -0.05) is 60.7 Å². The van der Waals surface area contributed by atoms with Gasteiger partial charge >= 0.3 is 0 Å². The molecule has 4 heteroatoms. The summed E-state index contributed by atoms with van der Waals surface area (Å²) >= 11 is 0. The van der Waals surface area contributed by atoms with Gasteiger partial charge in [0.05, 0.1) is 11.9 Å². The zero-order valence-electron chi connectivity index (χ0n) is 16.3. The molecular weight excluding hydrogens is 366 g/mol. The highest BCUT2D eigenvalue weighted by Gasteiger charge is 2.23. The minimum atomic E-state index is -3.30. The molecule has 0 unspecified atom stereocenters. The van der Waals surface area contributed by atoms with Crippen molar-refractivity contribution in [2.75, 3.05) is 11.0 Å². The fourth-order valence-corrected chi connectivity index (χ4v) is 4.82. The maximum absolute atomic E-state index is 11.7. The summed E-state index contributed by atoms with van der Waals surface area (Å²) < 4.78 is 26.1. The summed E-state index contributed by atoms with van der Waals surface area (Å²) in [7, 11) is -3.30. The first-order chi connectivity index (χ1) is 13.4. The van der Waals surface area contributed by atoms with Crippen LogP contribution in [0.4, 0.5) is 5.69 Å². The minimum Gasteiger partial charge on any atom is -0.284 e. The van der Waals surface area contributed by atoms with Crippen molar-refractivity contribution < 1.29 is 8.42 Å². The molecule has 3 aromatic carbocycles. The zero-order chi connectivity index (χ0) is 19.7. The third-order valence-electron chi connectivity index (χ3n) is 5.56. The predicted octanol–water partition coefficient (Wildman–Crippen LogP) is 4.84. The number of sulfonamides is 1. The fourth-order valence-electron chi connectivity index (χ4n) is 4.20. The van der Waals surface area contributed by atoms with Gasteiger partial charge in [-0.25, -0.2) is 8.42 Å². The first kappa shape index (κ1) is 18.8. The van der Waals surface area contributed by atoms with Crippen LogP contribution in [0.2, 0.25) is 0 Å². The third kappa shape index (κ3) is 3.97. The van der Waals surface area contributed by atoms with E-state index in [4.69, 9.17) is 0 Å². The lowest BCUT2D eigenvalue weighted by Crippen LogP contribution is -2.12. The number of rotatable bonds is 4. The molecule has 3 aromatic rings. The first-order valence-electron chi connectivity index (χ1n) is 9.63. The van der Waals surface area contributed by atoms with Crippen molar-refractivity contribution in [3.05, 3.63) is 100 Å². The second-order valence-electron chi connectivity index (χ2n) is 7.68. The minimum absolute atomic E-state index is 0.267. The van der Waals surface area contributed by atoms with E-state index in [1.54, 1.807) is 0 Å². The van der Waals surface area contributed by atoms with Gasteiger partial charge in [0.2, 0.25) is 10.0 Å². The van der Waals surface area contributed by atoms with Gasteiger partial charge in [0.25, 0.3) is 0 Å². The molecule has 0 radical (unpaired) electrons. The number of anilines is 1. The van der Waals surface area contributed by atoms with Gasteiger partial charge in [-0.05, 0) is 65.6 Å². The number of benzene rings is 3. The van der Waals surface area contributed by atoms with Crippen LogP contribution < -0.4 is 4.72 Å². The Morgan fingerprint density at radius 2 is 1.46 bits per heavy atom. The highest BCUT2D eigenvalue weighted by molar-refractivity contribution is 7.92. The Balaban J connectivity index is 1.77. The van der Waals surface area contributed by atoms with Crippen molar-refractivity contribution in [2.24, 2.45) is 0 Å². The first-order valence-corrected chi connectivity index (χ1v) is 11.5. The molecule has 0 bridgehead atoms. The SMILES string of the molecule is Cc1ccc(CC2c3ccccc3CCc3ccccc32)cc1NS(C)(=O)=O. The quantitative estimate of drug-likeness (QED) is 0.692. The molecule has 1 N–H and O–H groups in total. The van der Waals surface area contributed by atoms with Gasteiger partial charge in [-0.3, -0.25) is 4.72 Å². The molecule has 0 heterocycles. The standard InChI is InChI=1S/C24H25NO2S/c1-17-11-12-18(16-24(17)25-28(2,26)27)15-23-21-9-5-3-7-19(21)13-14-20-8-4-6-10-22(20)23/h3-12,16,23,25H,13-15H2,1-2H3. The summed E-state index contributed by atoms with van der Waals surface area (Å²) in [5, 5.41) is 0. The number of nitrogens with one attached hydrogen (secondary N) is 1. The van der Waals surface area contributed by atoms with Crippen LogP contribution in [0.25, 0.3) is 0 Å². The maximum Gasteiger partial charge on any atom is 0.229 e. The highest BCUT2D eigenvalue weighted by atomic mass is 32.2. The Morgan fingerprint density at radius 3 is 2.04 bits per heavy atom. The average molecular weight is 392 g/mol. The van der Waals surface area contributed by atoms with Crippen LogP contribution in [-0.2, 0) is 29.3 Å². The molecule has 0 saturated heterocycles. The maximum atomic E-state index is 11.7. The normalized spacial score (nSPS) is 14.1. The Hall–Kier alpha value is -2.59.